The number of aryl methyl sites for hydroxylation is 1. The van der Waals surface area contributed by atoms with Gasteiger partial charge in [0, 0.05) is 4.88 Å². The second-order valence-electron chi connectivity index (χ2n) is 8.52. The van der Waals surface area contributed by atoms with Gasteiger partial charge in [0.25, 0.3) is 11.8 Å². The summed E-state index contributed by atoms with van der Waals surface area (Å²) in [5.41, 5.74) is 1.76. The zero-order valence-corrected chi connectivity index (χ0v) is 22.0. The lowest BCUT2D eigenvalue weighted by Gasteiger charge is -2.31. The Hall–Kier alpha value is -3.83. The number of carbonyl (C=O) groups excluding carboxylic acids is 4. The Morgan fingerprint density at radius 1 is 1.05 bits per heavy atom. The lowest BCUT2D eigenvalue weighted by atomic mass is 9.83. The third-order valence-electron chi connectivity index (χ3n) is 6.31. The first-order valence-electron chi connectivity index (χ1n) is 11.9. The monoisotopic (exact) mass is 542 g/mol. The smallest absolute Gasteiger partial charge is 0.336 e. The van der Waals surface area contributed by atoms with Gasteiger partial charge in [-0.15, -0.1) is 11.3 Å². The molecule has 9 nitrogen and oxygen atoms in total. The molecule has 1 atom stereocenters. The van der Waals surface area contributed by atoms with E-state index in [0.29, 0.717) is 16.0 Å². The molecule has 2 amide bonds. The Morgan fingerprint density at radius 2 is 1.71 bits per heavy atom. The predicted molar refractivity (Wildman–Crippen MR) is 136 cm³/mol. The number of esters is 2. The summed E-state index contributed by atoms with van der Waals surface area (Å²) in [7, 11) is 1.19. The van der Waals surface area contributed by atoms with Gasteiger partial charge in [-0.05, 0) is 43.0 Å². The highest BCUT2D eigenvalue weighted by molar-refractivity contribution is 7.10. The zero-order chi connectivity index (χ0) is 27.4. The molecule has 1 aromatic heterocycles. The third-order valence-corrected chi connectivity index (χ3v) is 7.40. The molecule has 0 radical (unpaired) electrons. The normalized spacial score (nSPS) is 17.1. The fourth-order valence-electron chi connectivity index (χ4n) is 4.54. The number of ether oxygens (including phenoxy) is 3. The van der Waals surface area contributed by atoms with Crippen molar-refractivity contribution in [2.75, 3.05) is 40.1 Å². The van der Waals surface area contributed by atoms with Gasteiger partial charge in [0.2, 0.25) is 0 Å². The molecule has 2 aromatic rings. The van der Waals surface area contributed by atoms with Crippen molar-refractivity contribution in [3.63, 3.8) is 0 Å². The van der Waals surface area contributed by atoms with E-state index in [4.69, 9.17) is 14.2 Å². The number of hydrogen-bond donors (Lipinski definition) is 1. The van der Waals surface area contributed by atoms with E-state index in [9.17, 15) is 23.6 Å². The summed E-state index contributed by atoms with van der Waals surface area (Å²) in [6.45, 7) is 2.33. The van der Waals surface area contributed by atoms with Gasteiger partial charge in [-0.2, -0.15) is 0 Å². The summed E-state index contributed by atoms with van der Waals surface area (Å²) in [5, 5.41) is 4.66. The number of nitrogens with zero attached hydrogens (tertiary/aromatic N) is 1. The Bertz CT molecular complexity index is 1310. The maximum atomic E-state index is 14.2. The molecule has 1 aromatic carbocycles. The zero-order valence-electron chi connectivity index (χ0n) is 21.2. The van der Waals surface area contributed by atoms with E-state index in [2.05, 4.69) is 5.32 Å². The number of dihydropyridines is 1. The maximum absolute atomic E-state index is 14.2. The Kier molecular flexibility index (Phi) is 8.38. The van der Waals surface area contributed by atoms with Crippen molar-refractivity contribution in [3.05, 3.63) is 79.8 Å². The van der Waals surface area contributed by atoms with Gasteiger partial charge in [-0.1, -0.05) is 12.1 Å². The highest BCUT2D eigenvalue weighted by Gasteiger charge is 2.41. The number of imide groups is 1. The molecule has 0 saturated carbocycles. The number of thiophene rings is 1. The maximum Gasteiger partial charge on any atom is 0.336 e. The molecule has 200 valence electrons. The molecule has 0 aliphatic carbocycles. The predicted octanol–water partition coefficient (Wildman–Crippen LogP) is 3.27. The second-order valence-corrected chi connectivity index (χ2v) is 9.46. The number of alkyl halides is 1. The van der Waals surface area contributed by atoms with Gasteiger partial charge in [0.15, 0.2) is 0 Å². The van der Waals surface area contributed by atoms with Crippen molar-refractivity contribution < 1.29 is 37.8 Å². The van der Waals surface area contributed by atoms with E-state index in [1.165, 1.54) is 18.4 Å². The van der Waals surface area contributed by atoms with Crippen molar-refractivity contribution >= 4 is 35.1 Å². The molecule has 0 bridgehead atoms. The molecule has 2 aliphatic heterocycles. The molecule has 1 unspecified atom stereocenters. The highest BCUT2D eigenvalue weighted by Crippen LogP contribution is 2.42. The number of amides is 2. The molecule has 38 heavy (non-hydrogen) atoms. The number of nitrogens with one attached hydrogen (secondary N) is 1. The molecule has 0 fully saturated rings. The minimum Gasteiger partial charge on any atom is -0.466 e. The molecule has 0 spiro atoms. The van der Waals surface area contributed by atoms with Crippen LogP contribution in [0.25, 0.3) is 0 Å². The lowest BCUT2D eigenvalue weighted by Crippen LogP contribution is -2.37. The standard InChI is InChI=1S/C27H27FN2O7S/c1-4-37-27(34)21-19(14-36-11-10-30-24(31)16-7-5-6-8-17(16)25(30)32)29-18(13-28)20(26(33)35-3)22(21)23-15(2)9-12-38-23/h5-9,12,22,29H,4,10-11,13-14H2,1-3H3. The third kappa shape index (κ3) is 4.99. The average Bonchev–Trinajstić information content (AvgIpc) is 3.45. The number of methoxy groups -OCH3 is 1. The van der Waals surface area contributed by atoms with E-state index in [1.54, 1.807) is 31.2 Å². The first-order chi connectivity index (χ1) is 18.3. The SMILES string of the molecule is CCOC(=O)C1=C(COCCN2C(=O)c3ccccc3C2=O)NC(CF)=C(C(=O)OC)C1c1sccc1C. The molecular formula is C27H27FN2O7S. The number of allylic oxidation sites excluding steroid dienone is 1. The van der Waals surface area contributed by atoms with Crippen molar-refractivity contribution in [1.82, 2.24) is 10.2 Å². The molecule has 4 rings (SSSR count). The minimum atomic E-state index is -1.01. The molecule has 0 saturated heterocycles. The fraction of sp³-hybridized carbons (Fsp3) is 0.333. The number of hydrogen-bond acceptors (Lipinski definition) is 9. The van der Waals surface area contributed by atoms with Crippen LogP contribution in [0.5, 0.6) is 0 Å². The lowest BCUT2D eigenvalue weighted by molar-refractivity contribution is -0.139. The molecular weight excluding hydrogens is 515 g/mol. The van der Waals surface area contributed by atoms with Gasteiger partial charge >= 0.3 is 11.9 Å². The van der Waals surface area contributed by atoms with E-state index in [1.807, 2.05) is 18.4 Å². The molecule has 1 N–H and O–H groups in total. The van der Waals surface area contributed by atoms with E-state index < -0.39 is 36.3 Å². The Labute approximate surface area is 222 Å². The van der Waals surface area contributed by atoms with Gasteiger partial charge in [-0.3, -0.25) is 14.5 Å². The summed E-state index contributed by atoms with van der Waals surface area (Å²) in [4.78, 5) is 53.0. The number of fused-ring (bicyclic) bond motifs is 1. The van der Waals surface area contributed by atoms with Gasteiger partial charge in [0.1, 0.15) is 6.67 Å². The van der Waals surface area contributed by atoms with Crippen molar-refractivity contribution in [1.29, 1.82) is 0 Å². The second kappa shape index (κ2) is 11.7. The summed E-state index contributed by atoms with van der Waals surface area (Å²) >= 11 is 1.32. The van der Waals surface area contributed by atoms with Crippen molar-refractivity contribution in [3.8, 4) is 0 Å². The first kappa shape index (κ1) is 27.2. The van der Waals surface area contributed by atoms with Crippen LogP contribution < -0.4 is 5.32 Å². The topological polar surface area (TPSA) is 111 Å². The van der Waals surface area contributed by atoms with Crippen LogP contribution in [-0.4, -0.2) is 68.8 Å². The van der Waals surface area contributed by atoms with Crippen LogP contribution in [0.1, 0.15) is 44.0 Å². The summed E-state index contributed by atoms with van der Waals surface area (Å²) in [6.07, 6.45) is 0. The van der Waals surface area contributed by atoms with Crippen molar-refractivity contribution in [2.45, 2.75) is 19.8 Å². The largest absolute Gasteiger partial charge is 0.466 e. The van der Waals surface area contributed by atoms with E-state index >= 15 is 0 Å². The number of benzene rings is 1. The number of rotatable bonds is 10. The summed E-state index contributed by atoms with van der Waals surface area (Å²) in [6, 6.07) is 8.40. The van der Waals surface area contributed by atoms with Crippen LogP contribution in [0, 0.1) is 6.92 Å². The molecule has 11 heteroatoms. The van der Waals surface area contributed by atoms with Gasteiger partial charge in [-0.25, -0.2) is 14.0 Å². The van der Waals surface area contributed by atoms with E-state index in [-0.39, 0.29) is 48.9 Å². The summed E-state index contributed by atoms with van der Waals surface area (Å²) in [5.74, 6) is -3.19. The molecule has 3 heterocycles. The number of halogens is 1. The Morgan fingerprint density at radius 3 is 2.26 bits per heavy atom. The van der Waals surface area contributed by atoms with Crippen LogP contribution in [0.3, 0.4) is 0 Å². The van der Waals surface area contributed by atoms with Crippen LogP contribution in [0.15, 0.2) is 58.3 Å². The first-order valence-corrected chi connectivity index (χ1v) is 12.8. The minimum absolute atomic E-state index is 0.0129. The number of carbonyl (C=O) groups is 4. The van der Waals surface area contributed by atoms with E-state index in [0.717, 1.165) is 10.5 Å². The fourth-order valence-corrected chi connectivity index (χ4v) is 5.59. The Balaban J connectivity index is 1.61. The average molecular weight is 543 g/mol. The highest BCUT2D eigenvalue weighted by atomic mass is 32.1. The van der Waals surface area contributed by atoms with Crippen LogP contribution >= 0.6 is 11.3 Å². The van der Waals surface area contributed by atoms with Crippen LogP contribution in [0.2, 0.25) is 0 Å². The van der Waals surface area contributed by atoms with Crippen LogP contribution in [0.4, 0.5) is 4.39 Å². The summed E-state index contributed by atoms with van der Waals surface area (Å²) < 4.78 is 30.2. The van der Waals surface area contributed by atoms with Gasteiger partial charge < -0.3 is 19.5 Å². The quantitative estimate of drug-likeness (QED) is 0.277. The molecule has 2 aliphatic rings. The van der Waals surface area contributed by atoms with Crippen molar-refractivity contribution in [2.24, 2.45) is 0 Å². The van der Waals surface area contributed by atoms with Crippen LogP contribution in [-0.2, 0) is 23.8 Å². The van der Waals surface area contributed by atoms with Gasteiger partial charge in [0.05, 0.1) is 73.1 Å².